The number of hydrogen-bond donors (Lipinski definition) is 1. The molecule has 2 atom stereocenters. The minimum absolute atomic E-state index is 0.00264. The molecule has 2 aromatic carbocycles. The Kier molecular flexibility index (Phi) is 3.41. The predicted molar refractivity (Wildman–Crippen MR) is 92.5 cm³/mol. The SMILES string of the molecule is COc1ccc(C2CC(c3ccc4c(c3)OCO4)n3nnnc3N2)cc1. The molecule has 8 heteroatoms. The zero-order valence-corrected chi connectivity index (χ0v) is 14.1. The second-order valence-electron chi connectivity index (χ2n) is 6.28. The molecule has 2 aliphatic heterocycles. The number of benzene rings is 2. The topological polar surface area (TPSA) is 83.3 Å². The maximum Gasteiger partial charge on any atom is 0.243 e. The number of nitrogens with zero attached hydrogens (tertiary/aromatic N) is 4. The smallest absolute Gasteiger partial charge is 0.243 e. The average molecular weight is 351 g/mol. The van der Waals surface area contributed by atoms with Crippen LogP contribution in [0.3, 0.4) is 0 Å². The van der Waals surface area contributed by atoms with Gasteiger partial charge in [0, 0.05) is 0 Å². The van der Waals surface area contributed by atoms with Crippen LogP contribution in [0.15, 0.2) is 42.5 Å². The normalized spacial score (nSPS) is 20.3. The molecule has 26 heavy (non-hydrogen) atoms. The van der Waals surface area contributed by atoms with Crippen LogP contribution in [0.4, 0.5) is 5.95 Å². The van der Waals surface area contributed by atoms with Crippen LogP contribution in [0.5, 0.6) is 17.2 Å². The molecule has 1 N–H and O–H groups in total. The van der Waals surface area contributed by atoms with Gasteiger partial charge in [-0.2, -0.15) is 0 Å². The molecule has 3 aromatic rings. The molecular formula is C18H17N5O3. The van der Waals surface area contributed by atoms with Crippen LogP contribution >= 0.6 is 0 Å². The summed E-state index contributed by atoms with van der Waals surface area (Å²) in [5.41, 5.74) is 2.24. The van der Waals surface area contributed by atoms with Gasteiger partial charge in [-0.3, -0.25) is 0 Å². The Balaban J connectivity index is 1.50. The summed E-state index contributed by atoms with van der Waals surface area (Å²) in [5, 5.41) is 15.5. The molecular weight excluding hydrogens is 334 g/mol. The van der Waals surface area contributed by atoms with E-state index in [9.17, 15) is 0 Å². The summed E-state index contributed by atoms with van der Waals surface area (Å²) in [4.78, 5) is 0. The Morgan fingerprint density at radius 2 is 1.88 bits per heavy atom. The highest BCUT2D eigenvalue weighted by molar-refractivity contribution is 5.47. The standard InChI is InChI=1S/C18H17N5O3/c1-24-13-5-2-11(3-6-13)14-9-15(23-18(19-14)20-21-22-23)12-4-7-16-17(8-12)26-10-25-16/h2-8,14-15H,9-10H2,1H3,(H,19,20,22). The van der Waals surface area contributed by atoms with Gasteiger partial charge in [-0.15, -0.1) is 0 Å². The van der Waals surface area contributed by atoms with Gasteiger partial charge >= 0.3 is 0 Å². The minimum Gasteiger partial charge on any atom is -0.497 e. The van der Waals surface area contributed by atoms with Crippen LogP contribution in [-0.2, 0) is 0 Å². The largest absolute Gasteiger partial charge is 0.497 e. The lowest BCUT2D eigenvalue weighted by Crippen LogP contribution is -2.28. The molecule has 8 nitrogen and oxygen atoms in total. The van der Waals surface area contributed by atoms with E-state index < -0.39 is 0 Å². The number of rotatable bonds is 3. The summed E-state index contributed by atoms with van der Waals surface area (Å²) in [7, 11) is 1.66. The molecule has 0 radical (unpaired) electrons. The Hall–Kier alpha value is -3.29. The van der Waals surface area contributed by atoms with Crippen molar-refractivity contribution in [3.8, 4) is 17.2 Å². The molecule has 0 aliphatic carbocycles. The van der Waals surface area contributed by atoms with E-state index >= 15 is 0 Å². The second kappa shape index (κ2) is 5.91. The third-order valence-electron chi connectivity index (χ3n) is 4.85. The lowest BCUT2D eigenvalue weighted by molar-refractivity contribution is 0.174. The van der Waals surface area contributed by atoms with Gasteiger partial charge in [0.25, 0.3) is 0 Å². The fraction of sp³-hybridized carbons (Fsp3) is 0.278. The maximum absolute atomic E-state index is 5.52. The van der Waals surface area contributed by atoms with Crippen LogP contribution in [0.1, 0.15) is 29.6 Å². The van der Waals surface area contributed by atoms with Crippen molar-refractivity contribution < 1.29 is 14.2 Å². The average Bonchev–Trinajstić information content (AvgIpc) is 3.35. The summed E-state index contributed by atoms with van der Waals surface area (Å²) in [6, 6.07) is 14.1. The highest BCUT2D eigenvalue weighted by atomic mass is 16.7. The first-order valence-corrected chi connectivity index (χ1v) is 8.40. The van der Waals surface area contributed by atoms with Crippen molar-refractivity contribution in [2.24, 2.45) is 0 Å². The monoisotopic (exact) mass is 351 g/mol. The van der Waals surface area contributed by atoms with Crippen LogP contribution in [0.25, 0.3) is 0 Å². The number of methoxy groups -OCH3 is 1. The van der Waals surface area contributed by atoms with Crippen molar-refractivity contribution in [1.82, 2.24) is 20.2 Å². The van der Waals surface area contributed by atoms with E-state index in [1.165, 1.54) is 0 Å². The molecule has 5 rings (SSSR count). The third kappa shape index (κ3) is 2.42. The molecule has 132 valence electrons. The summed E-state index contributed by atoms with van der Waals surface area (Å²) in [6.07, 6.45) is 0.810. The summed E-state index contributed by atoms with van der Waals surface area (Å²) < 4.78 is 18.0. The number of anilines is 1. The molecule has 2 unspecified atom stereocenters. The van der Waals surface area contributed by atoms with Crippen molar-refractivity contribution in [1.29, 1.82) is 0 Å². The number of hydrogen-bond acceptors (Lipinski definition) is 7. The first-order valence-electron chi connectivity index (χ1n) is 8.40. The highest BCUT2D eigenvalue weighted by Crippen LogP contribution is 2.41. The van der Waals surface area contributed by atoms with Crippen molar-refractivity contribution in [2.75, 3.05) is 19.2 Å². The predicted octanol–water partition coefficient (Wildman–Crippen LogP) is 2.56. The molecule has 1 aromatic heterocycles. The van der Waals surface area contributed by atoms with E-state index in [2.05, 4.69) is 33.0 Å². The van der Waals surface area contributed by atoms with Crippen LogP contribution in [0.2, 0.25) is 0 Å². The first-order chi connectivity index (χ1) is 12.8. The molecule has 0 saturated carbocycles. The lowest BCUT2D eigenvalue weighted by atomic mass is 9.93. The molecule has 3 heterocycles. The second-order valence-corrected chi connectivity index (χ2v) is 6.28. The first kappa shape index (κ1) is 15.0. The Morgan fingerprint density at radius 3 is 2.73 bits per heavy atom. The molecule has 0 amide bonds. The van der Waals surface area contributed by atoms with Gasteiger partial charge in [-0.05, 0) is 52.2 Å². The fourth-order valence-corrected chi connectivity index (χ4v) is 3.49. The molecule has 0 bridgehead atoms. The van der Waals surface area contributed by atoms with Crippen LogP contribution in [0, 0.1) is 0 Å². The molecule has 0 fully saturated rings. The Morgan fingerprint density at radius 1 is 1.08 bits per heavy atom. The zero-order valence-electron chi connectivity index (χ0n) is 14.1. The maximum atomic E-state index is 5.52. The van der Waals surface area contributed by atoms with Gasteiger partial charge < -0.3 is 19.5 Å². The van der Waals surface area contributed by atoms with Gasteiger partial charge in [0.15, 0.2) is 11.5 Å². The molecule has 0 spiro atoms. The third-order valence-corrected chi connectivity index (χ3v) is 4.85. The summed E-state index contributed by atoms with van der Waals surface area (Å²) in [5.74, 6) is 3.02. The van der Waals surface area contributed by atoms with E-state index in [0.29, 0.717) is 5.95 Å². The molecule has 0 saturated heterocycles. The zero-order chi connectivity index (χ0) is 17.5. The Labute approximate surface area is 149 Å². The van der Waals surface area contributed by atoms with Gasteiger partial charge in [0.1, 0.15) is 5.75 Å². The van der Waals surface area contributed by atoms with Crippen molar-refractivity contribution in [3.63, 3.8) is 0 Å². The summed E-state index contributed by atoms with van der Waals surface area (Å²) in [6.45, 7) is 0.260. The van der Waals surface area contributed by atoms with E-state index in [1.807, 2.05) is 35.0 Å². The van der Waals surface area contributed by atoms with Crippen LogP contribution in [-0.4, -0.2) is 34.1 Å². The van der Waals surface area contributed by atoms with E-state index in [0.717, 1.165) is 34.8 Å². The molecule has 2 aliphatic rings. The lowest BCUT2D eigenvalue weighted by Gasteiger charge is -2.31. The van der Waals surface area contributed by atoms with E-state index in [-0.39, 0.29) is 18.9 Å². The van der Waals surface area contributed by atoms with Crippen molar-refractivity contribution in [2.45, 2.75) is 18.5 Å². The number of nitrogens with one attached hydrogen (secondary N) is 1. The van der Waals surface area contributed by atoms with Crippen LogP contribution < -0.4 is 19.5 Å². The summed E-state index contributed by atoms with van der Waals surface area (Å²) >= 11 is 0. The Bertz CT molecular complexity index is 940. The highest BCUT2D eigenvalue weighted by Gasteiger charge is 2.31. The number of tetrazole rings is 1. The van der Waals surface area contributed by atoms with Gasteiger partial charge in [-0.1, -0.05) is 23.3 Å². The van der Waals surface area contributed by atoms with Gasteiger partial charge in [-0.25, -0.2) is 4.68 Å². The van der Waals surface area contributed by atoms with Crippen molar-refractivity contribution in [3.05, 3.63) is 53.6 Å². The van der Waals surface area contributed by atoms with E-state index in [1.54, 1.807) is 7.11 Å². The number of aromatic nitrogens is 4. The minimum atomic E-state index is 0.00264. The van der Waals surface area contributed by atoms with Crippen molar-refractivity contribution >= 4 is 5.95 Å². The van der Waals surface area contributed by atoms with Gasteiger partial charge in [0.05, 0.1) is 19.2 Å². The number of ether oxygens (including phenoxy) is 3. The van der Waals surface area contributed by atoms with E-state index in [4.69, 9.17) is 14.2 Å². The van der Waals surface area contributed by atoms with Gasteiger partial charge in [0.2, 0.25) is 12.7 Å². The fourth-order valence-electron chi connectivity index (χ4n) is 3.49. The quantitative estimate of drug-likeness (QED) is 0.776. The number of fused-ring (bicyclic) bond motifs is 2.